The van der Waals surface area contributed by atoms with Crippen molar-refractivity contribution in [3.05, 3.63) is 38.8 Å². The minimum Gasteiger partial charge on any atom is -0.480 e. The first-order valence-corrected chi connectivity index (χ1v) is 7.28. The molecule has 0 amide bonds. The van der Waals surface area contributed by atoms with E-state index in [0.717, 1.165) is 10.0 Å². The van der Waals surface area contributed by atoms with Gasteiger partial charge in [0.2, 0.25) is 11.8 Å². The molecule has 22 heavy (non-hydrogen) atoms. The predicted molar refractivity (Wildman–Crippen MR) is 84.0 cm³/mol. The van der Waals surface area contributed by atoms with Gasteiger partial charge in [-0.15, -0.1) is 0 Å². The number of methoxy groups -OCH3 is 2. The fourth-order valence-corrected chi connectivity index (χ4v) is 2.28. The Labute approximate surface area is 140 Å². The van der Waals surface area contributed by atoms with Gasteiger partial charge in [0.1, 0.15) is 12.2 Å². The van der Waals surface area contributed by atoms with Crippen LogP contribution in [0.1, 0.15) is 15.9 Å². The summed E-state index contributed by atoms with van der Waals surface area (Å²) in [6, 6.07) is 5.51. The molecule has 0 bridgehead atoms. The van der Waals surface area contributed by atoms with Crippen molar-refractivity contribution < 1.29 is 19.0 Å². The van der Waals surface area contributed by atoms with Crippen LogP contribution in [0.2, 0.25) is 5.02 Å². The Morgan fingerprint density at radius 3 is 2.41 bits per heavy atom. The van der Waals surface area contributed by atoms with Crippen LogP contribution in [0.3, 0.4) is 0 Å². The Morgan fingerprint density at radius 1 is 1.23 bits per heavy atom. The second kappa shape index (κ2) is 7.42. The maximum absolute atomic E-state index is 11.0. The summed E-state index contributed by atoms with van der Waals surface area (Å²) in [4.78, 5) is 19.1. The Kier molecular flexibility index (Phi) is 5.57. The zero-order chi connectivity index (χ0) is 16.1. The van der Waals surface area contributed by atoms with E-state index in [1.807, 2.05) is 18.2 Å². The van der Waals surface area contributed by atoms with E-state index in [0.29, 0.717) is 11.3 Å². The van der Waals surface area contributed by atoms with E-state index in [-0.39, 0.29) is 29.9 Å². The Balaban J connectivity index is 2.26. The summed E-state index contributed by atoms with van der Waals surface area (Å²) < 4.78 is 16.4. The molecule has 0 aliphatic rings. The van der Waals surface area contributed by atoms with E-state index in [9.17, 15) is 4.79 Å². The van der Waals surface area contributed by atoms with Gasteiger partial charge >= 0.3 is 6.01 Å². The van der Waals surface area contributed by atoms with Crippen molar-refractivity contribution in [3.63, 3.8) is 0 Å². The fourth-order valence-electron chi connectivity index (χ4n) is 1.69. The molecular weight excluding hydrogens is 376 g/mol. The number of ether oxygens (including phenoxy) is 3. The average molecular weight is 388 g/mol. The number of benzene rings is 1. The highest BCUT2D eigenvalue weighted by Crippen LogP contribution is 2.28. The Morgan fingerprint density at radius 2 is 1.86 bits per heavy atom. The lowest BCUT2D eigenvalue weighted by molar-refractivity contribution is 0.111. The third-order valence-corrected chi connectivity index (χ3v) is 4.08. The summed E-state index contributed by atoms with van der Waals surface area (Å²) in [5.74, 6) is 0.161. The van der Waals surface area contributed by atoms with E-state index in [1.54, 1.807) is 0 Å². The fraction of sp³-hybridized carbons (Fsp3) is 0.214. The van der Waals surface area contributed by atoms with Crippen LogP contribution in [0.25, 0.3) is 0 Å². The second-order valence-electron chi connectivity index (χ2n) is 4.06. The van der Waals surface area contributed by atoms with Gasteiger partial charge in [-0.1, -0.05) is 23.7 Å². The zero-order valence-electron chi connectivity index (χ0n) is 11.8. The number of halogens is 2. The lowest BCUT2D eigenvalue weighted by atomic mass is 10.2. The molecule has 1 heterocycles. The van der Waals surface area contributed by atoms with Gasteiger partial charge in [0.25, 0.3) is 0 Å². The van der Waals surface area contributed by atoms with Gasteiger partial charge in [-0.2, -0.15) is 9.97 Å². The van der Waals surface area contributed by atoms with E-state index in [1.165, 1.54) is 14.2 Å². The van der Waals surface area contributed by atoms with Gasteiger partial charge < -0.3 is 14.2 Å². The number of rotatable bonds is 6. The van der Waals surface area contributed by atoms with Crippen molar-refractivity contribution in [3.8, 4) is 17.8 Å². The summed E-state index contributed by atoms with van der Waals surface area (Å²) in [5.41, 5.74) is 0.884. The number of hydrogen-bond donors (Lipinski definition) is 0. The largest absolute Gasteiger partial charge is 0.480 e. The highest BCUT2D eigenvalue weighted by Gasteiger charge is 2.16. The molecule has 0 saturated carbocycles. The molecular formula is C14H12BrClN2O4. The molecule has 2 aromatic rings. The summed E-state index contributed by atoms with van der Waals surface area (Å²) >= 11 is 9.50. The van der Waals surface area contributed by atoms with E-state index in [2.05, 4.69) is 25.9 Å². The average Bonchev–Trinajstić information content (AvgIpc) is 2.55. The van der Waals surface area contributed by atoms with Crippen LogP contribution in [-0.2, 0) is 6.61 Å². The molecule has 2 rings (SSSR count). The number of carbonyl (C=O) groups is 1. The maximum Gasteiger partial charge on any atom is 0.323 e. The summed E-state index contributed by atoms with van der Waals surface area (Å²) in [5, 5.41) is 0.547. The number of hydrogen-bond acceptors (Lipinski definition) is 6. The van der Waals surface area contributed by atoms with Crippen molar-refractivity contribution >= 4 is 33.8 Å². The van der Waals surface area contributed by atoms with Crippen LogP contribution in [0.5, 0.6) is 17.8 Å². The van der Waals surface area contributed by atoms with Gasteiger partial charge in [-0.3, -0.25) is 4.79 Å². The molecule has 0 unspecified atom stereocenters. The first-order chi connectivity index (χ1) is 10.6. The topological polar surface area (TPSA) is 70.5 Å². The van der Waals surface area contributed by atoms with Crippen LogP contribution in [0.4, 0.5) is 0 Å². The molecule has 116 valence electrons. The molecule has 1 aromatic heterocycles. The molecule has 0 spiro atoms. The SMILES string of the molecule is COc1nc(OCc2cccc(Br)c2Cl)nc(OC)c1C=O. The number of carbonyl (C=O) groups excluding carboxylic acids is 1. The summed E-state index contributed by atoms with van der Waals surface area (Å²) in [7, 11) is 2.79. The second-order valence-corrected chi connectivity index (χ2v) is 5.29. The first-order valence-electron chi connectivity index (χ1n) is 6.11. The Bertz CT molecular complexity index is 672. The van der Waals surface area contributed by atoms with Crippen molar-refractivity contribution in [2.45, 2.75) is 6.61 Å². The van der Waals surface area contributed by atoms with Crippen molar-refractivity contribution in [1.29, 1.82) is 0 Å². The standard InChI is InChI=1S/C14H12BrClN2O4/c1-20-12-9(6-19)13(21-2)18-14(17-12)22-7-8-4-3-5-10(15)11(8)16/h3-6H,7H2,1-2H3. The maximum atomic E-state index is 11.0. The minimum absolute atomic E-state index is 0.0235. The van der Waals surface area contributed by atoms with Gasteiger partial charge in [0.05, 0.1) is 19.2 Å². The van der Waals surface area contributed by atoms with Crippen molar-refractivity contribution in [1.82, 2.24) is 9.97 Å². The smallest absolute Gasteiger partial charge is 0.323 e. The third-order valence-electron chi connectivity index (χ3n) is 2.75. The molecule has 0 radical (unpaired) electrons. The molecule has 0 atom stereocenters. The lowest BCUT2D eigenvalue weighted by Gasteiger charge is -2.11. The van der Waals surface area contributed by atoms with E-state index < -0.39 is 0 Å². The first kappa shape index (κ1) is 16.5. The van der Waals surface area contributed by atoms with Gasteiger partial charge in [-0.05, 0) is 22.0 Å². The monoisotopic (exact) mass is 386 g/mol. The number of aldehydes is 1. The van der Waals surface area contributed by atoms with Crippen LogP contribution in [0, 0.1) is 0 Å². The zero-order valence-corrected chi connectivity index (χ0v) is 14.1. The van der Waals surface area contributed by atoms with E-state index >= 15 is 0 Å². The van der Waals surface area contributed by atoms with Crippen LogP contribution >= 0.6 is 27.5 Å². The summed E-state index contributed by atoms with van der Waals surface area (Å²) in [6.45, 7) is 0.158. The third kappa shape index (κ3) is 3.48. The predicted octanol–water partition coefficient (Wildman–Crippen LogP) is 3.30. The minimum atomic E-state index is 0.0235. The lowest BCUT2D eigenvalue weighted by Crippen LogP contribution is -2.06. The van der Waals surface area contributed by atoms with Crippen LogP contribution < -0.4 is 14.2 Å². The Hall–Kier alpha value is -1.86. The quantitative estimate of drug-likeness (QED) is 0.708. The number of aromatic nitrogens is 2. The molecule has 1 aromatic carbocycles. The molecule has 0 aliphatic heterocycles. The normalized spacial score (nSPS) is 10.2. The number of nitrogens with zero attached hydrogens (tertiary/aromatic N) is 2. The van der Waals surface area contributed by atoms with Gasteiger partial charge in [0.15, 0.2) is 6.29 Å². The van der Waals surface area contributed by atoms with Crippen LogP contribution in [-0.4, -0.2) is 30.5 Å². The van der Waals surface area contributed by atoms with Crippen LogP contribution in [0.15, 0.2) is 22.7 Å². The highest BCUT2D eigenvalue weighted by atomic mass is 79.9. The molecule has 0 aliphatic carbocycles. The van der Waals surface area contributed by atoms with Crippen molar-refractivity contribution in [2.75, 3.05) is 14.2 Å². The van der Waals surface area contributed by atoms with Gasteiger partial charge in [-0.25, -0.2) is 0 Å². The molecule has 0 saturated heterocycles. The summed E-state index contributed by atoms with van der Waals surface area (Å²) in [6.07, 6.45) is 0.562. The van der Waals surface area contributed by atoms with E-state index in [4.69, 9.17) is 25.8 Å². The highest BCUT2D eigenvalue weighted by molar-refractivity contribution is 9.10. The molecule has 8 heteroatoms. The molecule has 0 fully saturated rings. The molecule has 0 N–H and O–H groups in total. The van der Waals surface area contributed by atoms with Crippen molar-refractivity contribution in [2.24, 2.45) is 0 Å². The molecule has 6 nitrogen and oxygen atoms in total. The van der Waals surface area contributed by atoms with Gasteiger partial charge in [0, 0.05) is 10.0 Å².